The Morgan fingerprint density at radius 3 is 2.70 bits per heavy atom. The maximum Gasteiger partial charge on any atom is 0.259 e. The maximum atomic E-state index is 12.3. The second-order valence-electron chi connectivity index (χ2n) is 4.04. The Morgan fingerprint density at radius 1 is 1.35 bits per heavy atom. The number of nitrogens with one attached hydrogen (secondary N) is 2. The van der Waals surface area contributed by atoms with E-state index in [1.807, 2.05) is 6.92 Å². The molecule has 0 saturated carbocycles. The van der Waals surface area contributed by atoms with Gasteiger partial charge in [-0.05, 0) is 53.2 Å². The van der Waals surface area contributed by atoms with Crippen molar-refractivity contribution in [3.05, 3.63) is 51.6 Å². The Hall–Kier alpha value is -1.59. The average Bonchev–Trinajstić information content (AvgIpc) is 2.43. The number of carbonyl (C=O) groups is 1. The van der Waals surface area contributed by atoms with Crippen molar-refractivity contribution in [2.75, 3.05) is 17.2 Å². The molecule has 0 radical (unpaired) electrons. The van der Waals surface area contributed by atoms with Gasteiger partial charge in [-0.1, -0.05) is 11.6 Å². The molecule has 2 rings (SSSR count). The van der Waals surface area contributed by atoms with E-state index >= 15 is 0 Å². The van der Waals surface area contributed by atoms with Crippen LogP contribution in [0.3, 0.4) is 0 Å². The second kappa shape index (κ2) is 6.72. The number of nitrogens with zero attached hydrogens (tertiary/aromatic N) is 1. The molecule has 0 bridgehead atoms. The summed E-state index contributed by atoms with van der Waals surface area (Å²) >= 11 is 9.14. The van der Waals surface area contributed by atoms with Gasteiger partial charge in [0.15, 0.2) is 0 Å². The normalized spacial score (nSPS) is 10.2. The zero-order chi connectivity index (χ0) is 14.5. The van der Waals surface area contributed by atoms with Gasteiger partial charge in [-0.2, -0.15) is 0 Å². The van der Waals surface area contributed by atoms with E-state index in [4.69, 9.17) is 11.6 Å². The van der Waals surface area contributed by atoms with Gasteiger partial charge in [0.05, 0.1) is 5.56 Å². The zero-order valence-corrected chi connectivity index (χ0v) is 13.1. The third-order valence-electron chi connectivity index (χ3n) is 2.55. The Morgan fingerprint density at radius 2 is 2.05 bits per heavy atom. The van der Waals surface area contributed by atoms with Crippen LogP contribution in [0, 0.1) is 0 Å². The van der Waals surface area contributed by atoms with Crippen LogP contribution in [0.2, 0.25) is 5.02 Å². The fraction of sp³-hybridized carbons (Fsp3) is 0.143. The van der Waals surface area contributed by atoms with E-state index in [1.54, 1.807) is 36.5 Å². The van der Waals surface area contributed by atoms with Crippen molar-refractivity contribution >= 4 is 44.9 Å². The van der Waals surface area contributed by atoms with Crippen molar-refractivity contribution in [2.45, 2.75) is 6.92 Å². The number of amides is 1. The highest BCUT2D eigenvalue weighted by atomic mass is 79.9. The molecule has 0 saturated heterocycles. The number of carbonyl (C=O) groups excluding carboxylic acids is 1. The van der Waals surface area contributed by atoms with Crippen LogP contribution in [0.15, 0.2) is 41.0 Å². The molecular formula is C14H13BrClN3O. The number of benzene rings is 1. The second-order valence-corrected chi connectivity index (χ2v) is 5.39. The molecule has 4 nitrogen and oxygen atoms in total. The molecule has 1 amide bonds. The van der Waals surface area contributed by atoms with Crippen LogP contribution in [0.1, 0.15) is 17.3 Å². The van der Waals surface area contributed by atoms with Gasteiger partial charge >= 0.3 is 0 Å². The Balaban J connectivity index is 2.23. The summed E-state index contributed by atoms with van der Waals surface area (Å²) < 4.78 is 0.750. The summed E-state index contributed by atoms with van der Waals surface area (Å²) in [6, 6.07) is 8.68. The summed E-state index contributed by atoms with van der Waals surface area (Å²) in [6.45, 7) is 2.64. The maximum absolute atomic E-state index is 12.3. The lowest BCUT2D eigenvalue weighted by molar-refractivity contribution is 0.102. The Bertz CT molecular complexity index is 616. The first kappa shape index (κ1) is 14.8. The van der Waals surface area contributed by atoms with E-state index in [1.165, 1.54) is 0 Å². The predicted octanol–water partition coefficient (Wildman–Crippen LogP) is 4.18. The molecule has 0 fully saturated rings. The van der Waals surface area contributed by atoms with Gasteiger partial charge in [-0.25, -0.2) is 4.98 Å². The quantitative estimate of drug-likeness (QED) is 0.866. The summed E-state index contributed by atoms with van der Waals surface area (Å²) in [7, 11) is 0. The van der Waals surface area contributed by atoms with Crippen LogP contribution in [0.25, 0.3) is 0 Å². The molecule has 20 heavy (non-hydrogen) atoms. The lowest BCUT2D eigenvalue weighted by Gasteiger charge is -2.10. The predicted molar refractivity (Wildman–Crippen MR) is 85.5 cm³/mol. The number of hydrogen-bond acceptors (Lipinski definition) is 3. The van der Waals surface area contributed by atoms with Crippen molar-refractivity contribution < 1.29 is 4.79 Å². The third kappa shape index (κ3) is 3.71. The standard InChI is InChI=1S/C14H13BrClN3O/c1-2-17-13-12(7-9(15)8-18-13)14(20)19-11-5-3-10(16)4-6-11/h3-8H,2H2,1H3,(H,17,18)(H,19,20). The number of aromatic nitrogens is 1. The molecular weight excluding hydrogens is 342 g/mol. The van der Waals surface area contributed by atoms with Gasteiger partial charge < -0.3 is 10.6 Å². The highest BCUT2D eigenvalue weighted by Gasteiger charge is 2.13. The van der Waals surface area contributed by atoms with Crippen molar-refractivity contribution in [1.82, 2.24) is 4.98 Å². The molecule has 6 heteroatoms. The SMILES string of the molecule is CCNc1ncc(Br)cc1C(=O)Nc1ccc(Cl)cc1. The average molecular weight is 355 g/mol. The van der Waals surface area contributed by atoms with Gasteiger partial charge in [-0.15, -0.1) is 0 Å². The van der Waals surface area contributed by atoms with E-state index in [2.05, 4.69) is 31.5 Å². The summed E-state index contributed by atoms with van der Waals surface area (Å²) in [4.78, 5) is 16.5. The molecule has 1 aromatic carbocycles. The van der Waals surface area contributed by atoms with Crippen molar-refractivity contribution in [3.63, 3.8) is 0 Å². The molecule has 1 aromatic heterocycles. The zero-order valence-electron chi connectivity index (χ0n) is 10.8. The highest BCUT2D eigenvalue weighted by Crippen LogP contribution is 2.20. The van der Waals surface area contributed by atoms with E-state index in [0.29, 0.717) is 28.6 Å². The molecule has 0 unspecified atom stereocenters. The van der Waals surface area contributed by atoms with Crippen LogP contribution in [0.4, 0.5) is 11.5 Å². The first-order valence-electron chi connectivity index (χ1n) is 6.06. The highest BCUT2D eigenvalue weighted by molar-refractivity contribution is 9.10. The molecule has 0 aliphatic rings. The summed E-state index contributed by atoms with van der Waals surface area (Å²) in [5, 5.41) is 6.50. The summed E-state index contributed by atoms with van der Waals surface area (Å²) in [5.41, 5.74) is 1.16. The molecule has 2 N–H and O–H groups in total. The Labute approximate surface area is 130 Å². The molecule has 0 aliphatic carbocycles. The first-order valence-corrected chi connectivity index (χ1v) is 7.23. The van der Waals surface area contributed by atoms with Crippen molar-refractivity contribution in [2.24, 2.45) is 0 Å². The van der Waals surface area contributed by atoms with Crippen LogP contribution < -0.4 is 10.6 Å². The molecule has 104 valence electrons. The van der Waals surface area contributed by atoms with E-state index < -0.39 is 0 Å². The molecule has 2 aromatic rings. The monoisotopic (exact) mass is 353 g/mol. The Kier molecular flexibility index (Phi) is 4.98. The molecule has 0 spiro atoms. The minimum absolute atomic E-state index is 0.225. The van der Waals surface area contributed by atoms with Crippen molar-refractivity contribution in [3.8, 4) is 0 Å². The molecule has 1 heterocycles. The third-order valence-corrected chi connectivity index (χ3v) is 3.23. The van der Waals surface area contributed by atoms with Gasteiger partial charge in [0.2, 0.25) is 0 Å². The first-order chi connectivity index (χ1) is 9.60. The lowest BCUT2D eigenvalue weighted by Crippen LogP contribution is -2.15. The van der Waals surface area contributed by atoms with Gasteiger partial charge in [0.1, 0.15) is 5.82 Å². The summed E-state index contributed by atoms with van der Waals surface area (Å²) in [6.07, 6.45) is 1.65. The number of rotatable bonds is 4. The van der Waals surface area contributed by atoms with E-state index in [-0.39, 0.29) is 5.91 Å². The van der Waals surface area contributed by atoms with Crippen LogP contribution >= 0.6 is 27.5 Å². The van der Waals surface area contributed by atoms with E-state index in [0.717, 1.165) is 4.47 Å². The minimum atomic E-state index is -0.225. The van der Waals surface area contributed by atoms with Gasteiger partial charge in [0.25, 0.3) is 5.91 Å². The smallest absolute Gasteiger partial charge is 0.259 e. The number of anilines is 2. The van der Waals surface area contributed by atoms with Crippen molar-refractivity contribution in [1.29, 1.82) is 0 Å². The minimum Gasteiger partial charge on any atom is -0.370 e. The van der Waals surface area contributed by atoms with Crippen LogP contribution in [-0.2, 0) is 0 Å². The molecule has 0 atom stereocenters. The van der Waals surface area contributed by atoms with Gasteiger partial charge in [0, 0.05) is 27.9 Å². The fourth-order valence-electron chi connectivity index (χ4n) is 1.65. The summed E-state index contributed by atoms with van der Waals surface area (Å²) in [5.74, 6) is 0.333. The molecule has 0 aliphatic heterocycles. The lowest BCUT2D eigenvalue weighted by atomic mass is 10.2. The number of hydrogen-bond donors (Lipinski definition) is 2. The van der Waals surface area contributed by atoms with Crippen LogP contribution in [-0.4, -0.2) is 17.4 Å². The largest absolute Gasteiger partial charge is 0.370 e. The topological polar surface area (TPSA) is 54.0 Å². The number of halogens is 2. The number of pyridine rings is 1. The van der Waals surface area contributed by atoms with Crippen LogP contribution in [0.5, 0.6) is 0 Å². The fourth-order valence-corrected chi connectivity index (χ4v) is 2.11. The van der Waals surface area contributed by atoms with E-state index in [9.17, 15) is 4.79 Å². The van der Waals surface area contributed by atoms with Gasteiger partial charge in [-0.3, -0.25) is 4.79 Å².